The quantitative estimate of drug-likeness (QED) is 0.842. The van der Waals surface area contributed by atoms with E-state index in [9.17, 15) is 9.90 Å². The molecule has 2 N–H and O–H groups in total. The smallest absolute Gasteiger partial charge is 0.275 e. The van der Waals surface area contributed by atoms with Crippen LogP contribution in [0.3, 0.4) is 0 Å². The van der Waals surface area contributed by atoms with Crippen molar-refractivity contribution >= 4 is 0 Å². The largest absolute Gasteiger partial charge is 0.506 e. The second-order valence-corrected chi connectivity index (χ2v) is 4.30. The predicted octanol–water partition coefficient (Wildman–Crippen LogP) is 0.675. The highest BCUT2D eigenvalue weighted by atomic mass is 16.5. The third-order valence-corrected chi connectivity index (χ3v) is 2.94. The Hall–Kier alpha value is -2.54. The molecular formula is C14H17N3O4. The van der Waals surface area contributed by atoms with E-state index in [4.69, 9.17) is 9.47 Å². The molecule has 2 aromatic rings. The van der Waals surface area contributed by atoms with Crippen molar-refractivity contribution in [2.45, 2.75) is 6.54 Å². The SMILES string of the molecule is CNCc1nn(-c2ccc(OC)c(OC)c2)c(=O)cc1O. The number of nitrogens with one attached hydrogen (secondary N) is 1. The first-order valence-corrected chi connectivity index (χ1v) is 6.30. The van der Waals surface area contributed by atoms with Crippen LogP contribution in [0.25, 0.3) is 5.69 Å². The molecule has 0 amide bonds. The van der Waals surface area contributed by atoms with Gasteiger partial charge in [-0.25, -0.2) is 0 Å². The van der Waals surface area contributed by atoms with Crippen LogP contribution in [0.2, 0.25) is 0 Å². The number of rotatable bonds is 5. The monoisotopic (exact) mass is 291 g/mol. The van der Waals surface area contributed by atoms with E-state index in [1.165, 1.54) is 18.9 Å². The summed E-state index contributed by atoms with van der Waals surface area (Å²) in [5.41, 5.74) is 0.474. The molecule has 2 rings (SSSR count). The summed E-state index contributed by atoms with van der Waals surface area (Å²) in [5, 5.41) is 16.8. The number of methoxy groups -OCH3 is 2. The summed E-state index contributed by atoms with van der Waals surface area (Å²) in [5.74, 6) is 0.918. The third-order valence-electron chi connectivity index (χ3n) is 2.94. The van der Waals surface area contributed by atoms with E-state index in [0.29, 0.717) is 29.4 Å². The van der Waals surface area contributed by atoms with Crippen molar-refractivity contribution in [1.82, 2.24) is 15.1 Å². The van der Waals surface area contributed by atoms with Gasteiger partial charge in [0.15, 0.2) is 11.5 Å². The van der Waals surface area contributed by atoms with E-state index in [1.807, 2.05) is 0 Å². The summed E-state index contributed by atoms with van der Waals surface area (Å²) >= 11 is 0. The van der Waals surface area contributed by atoms with E-state index in [-0.39, 0.29) is 5.75 Å². The second-order valence-electron chi connectivity index (χ2n) is 4.30. The zero-order valence-electron chi connectivity index (χ0n) is 12.1. The first kappa shape index (κ1) is 14.9. The van der Waals surface area contributed by atoms with Gasteiger partial charge in [-0.3, -0.25) is 4.79 Å². The van der Waals surface area contributed by atoms with Crippen molar-refractivity contribution in [3.63, 3.8) is 0 Å². The van der Waals surface area contributed by atoms with Gasteiger partial charge in [-0.15, -0.1) is 0 Å². The summed E-state index contributed by atoms with van der Waals surface area (Å²) in [6, 6.07) is 6.16. The van der Waals surface area contributed by atoms with Crippen molar-refractivity contribution in [2.24, 2.45) is 0 Å². The van der Waals surface area contributed by atoms with Crippen LogP contribution in [0.5, 0.6) is 17.2 Å². The zero-order chi connectivity index (χ0) is 15.4. The van der Waals surface area contributed by atoms with E-state index in [0.717, 1.165) is 6.07 Å². The van der Waals surface area contributed by atoms with E-state index in [2.05, 4.69) is 10.4 Å². The minimum absolute atomic E-state index is 0.133. The number of ether oxygens (including phenoxy) is 2. The molecule has 112 valence electrons. The van der Waals surface area contributed by atoms with Crippen LogP contribution in [0.4, 0.5) is 0 Å². The lowest BCUT2D eigenvalue weighted by molar-refractivity contribution is 0.354. The molecule has 7 nitrogen and oxygen atoms in total. The van der Waals surface area contributed by atoms with Gasteiger partial charge in [-0.05, 0) is 19.2 Å². The molecule has 0 bridgehead atoms. The highest BCUT2D eigenvalue weighted by Gasteiger charge is 2.11. The van der Waals surface area contributed by atoms with Crippen molar-refractivity contribution in [3.8, 4) is 22.9 Å². The Balaban J connectivity index is 2.55. The molecule has 7 heteroatoms. The van der Waals surface area contributed by atoms with Crippen LogP contribution in [0, 0.1) is 0 Å². The Labute approximate surface area is 121 Å². The number of hydrogen-bond donors (Lipinski definition) is 2. The Bertz CT molecular complexity index is 697. The number of aromatic hydroxyl groups is 1. The molecule has 0 saturated carbocycles. The van der Waals surface area contributed by atoms with E-state index in [1.54, 1.807) is 25.2 Å². The molecule has 0 radical (unpaired) electrons. The van der Waals surface area contributed by atoms with Crippen LogP contribution in [-0.2, 0) is 6.54 Å². The van der Waals surface area contributed by atoms with Crippen molar-refractivity contribution in [1.29, 1.82) is 0 Å². The first-order chi connectivity index (χ1) is 10.1. The normalized spacial score (nSPS) is 10.4. The number of hydrogen-bond acceptors (Lipinski definition) is 6. The molecule has 0 aliphatic heterocycles. The lowest BCUT2D eigenvalue weighted by atomic mass is 10.2. The molecule has 0 atom stereocenters. The highest BCUT2D eigenvalue weighted by molar-refractivity contribution is 5.48. The maximum absolute atomic E-state index is 12.0. The van der Waals surface area contributed by atoms with Crippen LogP contribution in [0.1, 0.15) is 5.69 Å². The molecule has 0 fully saturated rings. The fourth-order valence-electron chi connectivity index (χ4n) is 1.92. The van der Waals surface area contributed by atoms with Gasteiger partial charge in [0.05, 0.1) is 19.9 Å². The molecule has 0 spiro atoms. The van der Waals surface area contributed by atoms with Gasteiger partial charge in [0, 0.05) is 18.7 Å². The van der Waals surface area contributed by atoms with Gasteiger partial charge >= 0.3 is 0 Å². The lowest BCUT2D eigenvalue weighted by Gasteiger charge is -2.12. The summed E-state index contributed by atoms with van der Waals surface area (Å²) in [4.78, 5) is 12.0. The maximum atomic E-state index is 12.0. The summed E-state index contributed by atoms with van der Waals surface area (Å²) in [6.07, 6.45) is 0. The Kier molecular flexibility index (Phi) is 4.44. The molecule has 0 aliphatic rings. The standard InChI is InChI=1S/C14H17N3O4/c1-15-8-10-11(18)7-14(19)17(16-10)9-4-5-12(20-2)13(6-9)21-3/h4-7,15,18H,8H2,1-3H3. The van der Waals surface area contributed by atoms with E-state index < -0.39 is 5.56 Å². The van der Waals surface area contributed by atoms with Gasteiger partial charge in [-0.1, -0.05) is 0 Å². The van der Waals surface area contributed by atoms with Gasteiger partial charge in [0.25, 0.3) is 5.56 Å². The number of benzene rings is 1. The summed E-state index contributed by atoms with van der Waals surface area (Å²) in [6.45, 7) is 0.347. The molecule has 21 heavy (non-hydrogen) atoms. The van der Waals surface area contributed by atoms with Gasteiger partial charge in [0.1, 0.15) is 11.4 Å². The highest BCUT2D eigenvalue weighted by Crippen LogP contribution is 2.28. The fraction of sp³-hybridized carbons (Fsp3) is 0.286. The van der Waals surface area contributed by atoms with Gasteiger partial charge < -0.3 is 19.9 Å². The Morgan fingerprint density at radius 3 is 2.57 bits per heavy atom. The molecule has 1 aromatic heterocycles. The fourth-order valence-corrected chi connectivity index (χ4v) is 1.92. The number of nitrogens with zero attached hydrogens (tertiary/aromatic N) is 2. The van der Waals surface area contributed by atoms with Gasteiger partial charge in [0.2, 0.25) is 0 Å². The average Bonchev–Trinajstić information content (AvgIpc) is 2.49. The molecule has 0 unspecified atom stereocenters. The van der Waals surface area contributed by atoms with Crippen LogP contribution in [-0.4, -0.2) is 36.2 Å². The molecular weight excluding hydrogens is 274 g/mol. The molecule has 1 aromatic carbocycles. The average molecular weight is 291 g/mol. The van der Waals surface area contributed by atoms with Crippen molar-refractivity contribution < 1.29 is 14.6 Å². The first-order valence-electron chi connectivity index (χ1n) is 6.30. The molecule has 0 aliphatic carbocycles. The Morgan fingerprint density at radius 1 is 1.24 bits per heavy atom. The minimum Gasteiger partial charge on any atom is -0.506 e. The van der Waals surface area contributed by atoms with Crippen molar-refractivity contribution in [2.75, 3.05) is 21.3 Å². The van der Waals surface area contributed by atoms with Crippen LogP contribution in [0.15, 0.2) is 29.1 Å². The second kappa shape index (κ2) is 6.27. The van der Waals surface area contributed by atoms with Crippen LogP contribution < -0.4 is 20.3 Å². The minimum atomic E-state index is -0.431. The van der Waals surface area contributed by atoms with E-state index >= 15 is 0 Å². The summed E-state index contributed by atoms with van der Waals surface area (Å²) in [7, 11) is 4.78. The van der Waals surface area contributed by atoms with Crippen LogP contribution >= 0.6 is 0 Å². The Morgan fingerprint density at radius 2 is 1.95 bits per heavy atom. The zero-order valence-corrected chi connectivity index (χ0v) is 12.1. The molecule has 0 saturated heterocycles. The van der Waals surface area contributed by atoms with Gasteiger partial charge in [-0.2, -0.15) is 9.78 Å². The third kappa shape index (κ3) is 2.97. The van der Waals surface area contributed by atoms with Crippen molar-refractivity contribution in [3.05, 3.63) is 40.3 Å². The maximum Gasteiger partial charge on any atom is 0.275 e. The lowest BCUT2D eigenvalue weighted by Crippen LogP contribution is -2.23. The summed E-state index contributed by atoms with van der Waals surface area (Å²) < 4.78 is 11.6. The number of aromatic nitrogens is 2. The molecule has 1 heterocycles. The topological polar surface area (TPSA) is 85.6 Å². The predicted molar refractivity (Wildman–Crippen MR) is 77.4 cm³/mol.